The summed E-state index contributed by atoms with van der Waals surface area (Å²) in [5.74, 6) is -1.19. The standard InChI is InChI=1S/C20H19N5O5S/c1-2-17(26)21-15-8-6-14(7-9-15)19(28)23-24-20(31)22-18(27)12-5-13-3-10-16(11-4-13)25(29)30/h3-12H,2H2,1H3,(H,21,26)(H,23,28)(H2,22,24,27,31)/b12-5+. The number of amides is 3. The molecule has 0 fully saturated rings. The number of carbonyl (C=O) groups excluding carboxylic acids is 3. The number of nitrogens with zero attached hydrogens (tertiary/aromatic N) is 1. The number of anilines is 1. The lowest BCUT2D eigenvalue weighted by Crippen LogP contribution is -2.48. The Hall–Kier alpha value is -4.12. The van der Waals surface area contributed by atoms with Crippen LogP contribution in [0, 0.1) is 10.1 Å². The van der Waals surface area contributed by atoms with Crippen LogP contribution < -0.4 is 21.5 Å². The average Bonchev–Trinajstić information content (AvgIpc) is 2.76. The van der Waals surface area contributed by atoms with Crippen LogP contribution in [-0.4, -0.2) is 27.8 Å². The summed E-state index contributed by atoms with van der Waals surface area (Å²) in [6.07, 6.45) is 3.00. The van der Waals surface area contributed by atoms with Crippen molar-refractivity contribution >= 4 is 52.5 Å². The molecule has 4 N–H and O–H groups in total. The van der Waals surface area contributed by atoms with Crippen LogP contribution in [0.2, 0.25) is 0 Å². The van der Waals surface area contributed by atoms with E-state index in [1.807, 2.05) is 0 Å². The Labute approximate surface area is 182 Å². The molecule has 0 aliphatic rings. The van der Waals surface area contributed by atoms with Crippen molar-refractivity contribution in [1.29, 1.82) is 0 Å². The van der Waals surface area contributed by atoms with Crippen LogP contribution in [0.5, 0.6) is 0 Å². The quantitative estimate of drug-likeness (QED) is 0.233. The van der Waals surface area contributed by atoms with Gasteiger partial charge in [-0.25, -0.2) is 0 Å². The van der Waals surface area contributed by atoms with Crippen molar-refractivity contribution in [3.63, 3.8) is 0 Å². The Bertz CT molecular complexity index is 1020. The van der Waals surface area contributed by atoms with Crippen molar-refractivity contribution in [2.45, 2.75) is 13.3 Å². The molecule has 31 heavy (non-hydrogen) atoms. The van der Waals surface area contributed by atoms with Crippen LogP contribution in [0.3, 0.4) is 0 Å². The number of benzene rings is 2. The molecule has 10 nitrogen and oxygen atoms in total. The van der Waals surface area contributed by atoms with E-state index in [-0.39, 0.29) is 16.7 Å². The van der Waals surface area contributed by atoms with E-state index in [0.717, 1.165) is 0 Å². The van der Waals surface area contributed by atoms with E-state index in [2.05, 4.69) is 21.5 Å². The highest BCUT2D eigenvalue weighted by Gasteiger charge is 2.08. The van der Waals surface area contributed by atoms with Crippen molar-refractivity contribution in [2.75, 3.05) is 5.32 Å². The smallest absolute Gasteiger partial charge is 0.269 e. The van der Waals surface area contributed by atoms with Gasteiger partial charge in [-0.05, 0) is 60.3 Å². The molecule has 11 heteroatoms. The van der Waals surface area contributed by atoms with Gasteiger partial charge in [-0.2, -0.15) is 0 Å². The molecule has 160 valence electrons. The van der Waals surface area contributed by atoms with Gasteiger partial charge in [-0.15, -0.1) is 0 Å². The van der Waals surface area contributed by atoms with Crippen LogP contribution in [0.15, 0.2) is 54.6 Å². The monoisotopic (exact) mass is 441 g/mol. The fourth-order valence-electron chi connectivity index (χ4n) is 2.20. The van der Waals surface area contributed by atoms with Crippen LogP contribution in [0.1, 0.15) is 29.3 Å². The van der Waals surface area contributed by atoms with Crippen molar-refractivity contribution in [1.82, 2.24) is 16.2 Å². The molecule has 0 unspecified atom stereocenters. The highest BCUT2D eigenvalue weighted by molar-refractivity contribution is 7.80. The highest BCUT2D eigenvalue weighted by atomic mass is 32.1. The number of nitro benzene ring substituents is 1. The number of hydrogen-bond acceptors (Lipinski definition) is 6. The second kappa shape index (κ2) is 11.2. The van der Waals surface area contributed by atoms with Crippen LogP contribution in [0.25, 0.3) is 6.08 Å². The third-order valence-electron chi connectivity index (χ3n) is 3.81. The van der Waals surface area contributed by atoms with E-state index in [9.17, 15) is 24.5 Å². The van der Waals surface area contributed by atoms with Gasteiger partial charge in [0.05, 0.1) is 4.92 Å². The van der Waals surface area contributed by atoms with Gasteiger partial charge in [0.2, 0.25) is 11.8 Å². The first-order chi connectivity index (χ1) is 14.8. The highest BCUT2D eigenvalue weighted by Crippen LogP contribution is 2.12. The third-order valence-corrected chi connectivity index (χ3v) is 4.01. The van der Waals surface area contributed by atoms with Gasteiger partial charge in [0.1, 0.15) is 0 Å². The topological polar surface area (TPSA) is 142 Å². The van der Waals surface area contributed by atoms with Crippen LogP contribution in [0.4, 0.5) is 11.4 Å². The number of nitrogens with one attached hydrogen (secondary N) is 4. The van der Waals surface area contributed by atoms with Crippen LogP contribution >= 0.6 is 12.2 Å². The number of rotatable bonds is 6. The normalized spacial score (nSPS) is 10.2. The molecule has 0 atom stereocenters. The fraction of sp³-hybridized carbons (Fsp3) is 0.100. The van der Waals surface area contributed by atoms with Gasteiger partial charge in [0.25, 0.3) is 11.6 Å². The minimum absolute atomic E-state index is 0.0527. The first-order valence-corrected chi connectivity index (χ1v) is 9.43. The number of nitro groups is 1. The molecule has 2 aromatic carbocycles. The van der Waals surface area contributed by atoms with Crippen molar-refractivity contribution < 1.29 is 19.3 Å². The minimum Gasteiger partial charge on any atom is -0.326 e. The van der Waals surface area contributed by atoms with Gasteiger partial charge < -0.3 is 5.32 Å². The summed E-state index contributed by atoms with van der Waals surface area (Å²) in [5.41, 5.74) is 6.17. The van der Waals surface area contributed by atoms with E-state index in [4.69, 9.17) is 12.2 Å². The number of hydrazine groups is 1. The maximum Gasteiger partial charge on any atom is 0.269 e. The van der Waals surface area contributed by atoms with Crippen molar-refractivity contribution in [3.8, 4) is 0 Å². The molecule has 0 bridgehead atoms. The Morgan fingerprint density at radius 1 is 1.03 bits per heavy atom. The fourth-order valence-corrected chi connectivity index (χ4v) is 2.36. The molecular formula is C20H19N5O5S. The van der Waals surface area contributed by atoms with E-state index < -0.39 is 16.7 Å². The molecule has 0 aliphatic carbocycles. The first kappa shape index (κ1) is 23.2. The van der Waals surface area contributed by atoms with Gasteiger partial charge in [0, 0.05) is 35.9 Å². The number of non-ortho nitro benzene ring substituents is 1. The zero-order chi connectivity index (χ0) is 22.8. The summed E-state index contributed by atoms with van der Waals surface area (Å²) in [6.45, 7) is 1.73. The lowest BCUT2D eigenvalue weighted by molar-refractivity contribution is -0.384. The summed E-state index contributed by atoms with van der Waals surface area (Å²) in [6, 6.07) is 11.9. The molecule has 0 aliphatic heterocycles. The first-order valence-electron chi connectivity index (χ1n) is 9.02. The Morgan fingerprint density at radius 3 is 2.26 bits per heavy atom. The third kappa shape index (κ3) is 7.66. The zero-order valence-electron chi connectivity index (χ0n) is 16.4. The van der Waals surface area contributed by atoms with Gasteiger partial charge in [0.15, 0.2) is 5.11 Å². The van der Waals surface area contributed by atoms with Crippen molar-refractivity contribution in [2.24, 2.45) is 0 Å². The Balaban J connectivity index is 1.80. The Morgan fingerprint density at radius 2 is 1.68 bits per heavy atom. The Kier molecular flexibility index (Phi) is 8.34. The van der Waals surface area contributed by atoms with E-state index in [0.29, 0.717) is 23.2 Å². The molecule has 0 aromatic heterocycles. The molecule has 0 radical (unpaired) electrons. The largest absolute Gasteiger partial charge is 0.326 e. The van der Waals surface area contributed by atoms with Crippen molar-refractivity contribution in [3.05, 3.63) is 75.8 Å². The second-order valence-electron chi connectivity index (χ2n) is 6.06. The minimum atomic E-state index is -0.555. The lowest BCUT2D eigenvalue weighted by atomic mass is 10.2. The van der Waals surface area contributed by atoms with Gasteiger partial charge in [-0.3, -0.25) is 40.7 Å². The van der Waals surface area contributed by atoms with E-state index >= 15 is 0 Å². The van der Waals surface area contributed by atoms with E-state index in [1.165, 1.54) is 48.6 Å². The lowest BCUT2D eigenvalue weighted by Gasteiger charge is -2.10. The summed E-state index contributed by atoms with van der Waals surface area (Å²) >= 11 is 4.94. The molecule has 2 aromatic rings. The maximum absolute atomic E-state index is 12.1. The molecule has 0 saturated heterocycles. The van der Waals surface area contributed by atoms with Crippen LogP contribution in [-0.2, 0) is 9.59 Å². The molecule has 0 heterocycles. The molecule has 3 amide bonds. The number of hydrogen-bond donors (Lipinski definition) is 4. The summed E-state index contributed by atoms with van der Waals surface area (Å²) in [7, 11) is 0. The summed E-state index contributed by atoms with van der Waals surface area (Å²) < 4.78 is 0. The van der Waals surface area contributed by atoms with E-state index in [1.54, 1.807) is 19.1 Å². The predicted octanol–water partition coefficient (Wildman–Crippen LogP) is 2.29. The maximum atomic E-state index is 12.1. The average molecular weight is 441 g/mol. The molecule has 0 spiro atoms. The van der Waals surface area contributed by atoms with Gasteiger partial charge in [-0.1, -0.05) is 6.92 Å². The summed E-state index contributed by atoms with van der Waals surface area (Å²) in [4.78, 5) is 45.5. The number of thiocarbonyl (C=S) groups is 1. The van der Waals surface area contributed by atoms with Gasteiger partial charge >= 0.3 is 0 Å². The molecule has 0 saturated carbocycles. The second-order valence-corrected chi connectivity index (χ2v) is 6.47. The summed E-state index contributed by atoms with van der Waals surface area (Å²) in [5, 5.41) is 15.5. The number of carbonyl (C=O) groups is 3. The predicted molar refractivity (Wildman–Crippen MR) is 119 cm³/mol. The molecule has 2 rings (SSSR count). The molecular weight excluding hydrogens is 422 g/mol. The SMILES string of the molecule is CCC(=O)Nc1ccc(C(=O)NNC(=S)NC(=O)/C=C/c2ccc([N+](=O)[O-])cc2)cc1. The zero-order valence-corrected chi connectivity index (χ0v) is 17.2.